The molecule has 4 nitrogen and oxygen atoms in total. The van der Waals surface area contributed by atoms with E-state index in [9.17, 15) is 0 Å². The lowest BCUT2D eigenvalue weighted by Gasteiger charge is -2.36. The Morgan fingerprint density at radius 1 is 1.35 bits per heavy atom. The summed E-state index contributed by atoms with van der Waals surface area (Å²) in [6, 6.07) is 2.25. The van der Waals surface area contributed by atoms with Crippen molar-refractivity contribution < 1.29 is 9.47 Å². The van der Waals surface area contributed by atoms with E-state index in [-0.39, 0.29) is 11.6 Å². The second-order valence-corrected chi connectivity index (χ2v) is 5.50. The molecule has 1 unspecified atom stereocenters. The Bertz CT molecular complexity index is 417. The molecule has 0 bridgehead atoms. The third-order valence-corrected chi connectivity index (χ3v) is 4.21. The van der Waals surface area contributed by atoms with Crippen molar-refractivity contribution in [2.24, 2.45) is 0 Å². The van der Waals surface area contributed by atoms with Crippen molar-refractivity contribution in [3.05, 3.63) is 24.0 Å². The molecule has 0 aliphatic heterocycles. The molecule has 1 fully saturated rings. The molecule has 0 saturated heterocycles. The third kappa shape index (κ3) is 3.13. The molecule has 20 heavy (non-hydrogen) atoms. The Morgan fingerprint density at radius 3 is 2.70 bits per heavy atom. The van der Waals surface area contributed by atoms with Crippen LogP contribution in [0.2, 0.25) is 0 Å². The number of hydrogen-bond acceptors (Lipinski definition) is 4. The largest absolute Gasteiger partial charge is 0.492 e. The summed E-state index contributed by atoms with van der Waals surface area (Å²) in [4.78, 5) is 4.32. The highest BCUT2D eigenvalue weighted by Gasteiger charge is 2.41. The number of nitrogens with one attached hydrogen (secondary N) is 1. The van der Waals surface area contributed by atoms with Crippen molar-refractivity contribution in [2.45, 2.75) is 50.7 Å². The van der Waals surface area contributed by atoms with E-state index < -0.39 is 0 Å². The van der Waals surface area contributed by atoms with Crippen LogP contribution in [-0.2, 0) is 4.74 Å². The number of rotatable bonds is 7. The van der Waals surface area contributed by atoms with Crippen molar-refractivity contribution >= 4 is 0 Å². The SMILES string of the molecule is CCCOc1cncc(C(NC)C2(OC)CCCC2)c1. The Kier molecular flexibility index (Phi) is 5.38. The highest BCUT2D eigenvalue weighted by molar-refractivity contribution is 5.28. The van der Waals surface area contributed by atoms with Crippen LogP contribution in [-0.4, -0.2) is 31.3 Å². The van der Waals surface area contributed by atoms with Gasteiger partial charge in [0.1, 0.15) is 5.75 Å². The number of aromatic nitrogens is 1. The molecule has 1 aliphatic rings. The summed E-state index contributed by atoms with van der Waals surface area (Å²) in [7, 11) is 3.81. The first kappa shape index (κ1) is 15.3. The first-order chi connectivity index (χ1) is 9.75. The molecule has 1 atom stereocenters. The Hall–Kier alpha value is -1.13. The maximum absolute atomic E-state index is 5.90. The molecule has 112 valence electrons. The summed E-state index contributed by atoms with van der Waals surface area (Å²) in [6.07, 6.45) is 9.34. The highest BCUT2D eigenvalue weighted by Crippen LogP contribution is 2.42. The monoisotopic (exact) mass is 278 g/mol. The number of methoxy groups -OCH3 is 1. The van der Waals surface area contributed by atoms with Crippen LogP contribution in [0.25, 0.3) is 0 Å². The predicted octanol–water partition coefficient (Wildman–Crippen LogP) is 3.09. The first-order valence-corrected chi connectivity index (χ1v) is 7.56. The molecule has 0 radical (unpaired) electrons. The fraction of sp³-hybridized carbons (Fsp3) is 0.688. The van der Waals surface area contributed by atoms with E-state index in [2.05, 4.69) is 23.3 Å². The summed E-state index contributed by atoms with van der Waals surface area (Å²) in [6.45, 7) is 2.83. The van der Waals surface area contributed by atoms with Gasteiger partial charge in [0.2, 0.25) is 0 Å². The van der Waals surface area contributed by atoms with E-state index in [0.717, 1.165) is 37.2 Å². The van der Waals surface area contributed by atoms with E-state index in [0.29, 0.717) is 0 Å². The van der Waals surface area contributed by atoms with Crippen molar-refractivity contribution in [1.29, 1.82) is 0 Å². The molecule has 1 N–H and O–H groups in total. The molecule has 4 heteroatoms. The quantitative estimate of drug-likeness (QED) is 0.832. The molecule has 1 saturated carbocycles. The first-order valence-electron chi connectivity index (χ1n) is 7.56. The van der Waals surface area contributed by atoms with Gasteiger partial charge in [0.25, 0.3) is 0 Å². The Labute approximate surface area is 121 Å². The number of ether oxygens (including phenoxy) is 2. The lowest BCUT2D eigenvalue weighted by molar-refractivity contribution is -0.0350. The zero-order valence-corrected chi connectivity index (χ0v) is 12.8. The smallest absolute Gasteiger partial charge is 0.137 e. The van der Waals surface area contributed by atoms with E-state index in [1.165, 1.54) is 12.8 Å². The minimum absolute atomic E-state index is 0.111. The van der Waals surface area contributed by atoms with Crippen LogP contribution < -0.4 is 10.1 Å². The van der Waals surface area contributed by atoms with Crippen LogP contribution in [0.1, 0.15) is 50.6 Å². The van der Waals surface area contributed by atoms with Gasteiger partial charge in [-0.1, -0.05) is 19.8 Å². The molecule has 0 amide bonds. The molecule has 2 rings (SSSR count). The zero-order valence-electron chi connectivity index (χ0n) is 12.8. The van der Waals surface area contributed by atoms with E-state index in [4.69, 9.17) is 9.47 Å². The second-order valence-electron chi connectivity index (χ2n) is 5.50. The molecule has 1 aromatic heterocycles. The fourth-order valence-electron chi connectivity index (χ4n) is 3.21. The van der Waals surface area contributed by atoms with Crippen molar-refractivity contribution in [3.63, 3.8) is 0 Å². The van der Waals surface area contributed by atoms with E-state index >= 15 is 0 Å². The topological polar surface area (TPSA) is 43.4 Å². The Morgan fingerprint density at radius 2 is 2.10 bits per heavy atom. The maximum atomic E-state index is 5.90. The molecule has 0 aromatic carbocycles. The van der Waals surface area contributed by atoms with Crippen LogP contribution in [0.5, 0.6) is 5.75 Å². The molecular weight excluding hydrogens is 252 g/mol. The minimum Gasteiger partial charge on any atom is -0.492 e. The van der Waals surface area contributed by atoms with E-state index in [1.54, 1.807) is 6.20 Å². The number of pyridine rings is 1. The normalized spacial score (nSPS) is 18.9. The van der Waals surface area contributed by atoms with Crippen molar-refractivity contribution in [3.8, 4) is 5.75 Å². The zero-order chi connectivity index (χ0) is 14.4. The van der Waals surface area contributed by atoms with Gasteiger partial charge in [0, 0.05) is 13.3 Å². The summed E-state index contributed by atoms with van der Waals surface area (Å²) < 4.78 is 11.6. The third-order valence-electron chi connectivity index (χ3n) is 4.21. The van der Waals surface area contributed by atoms with Gasteiger partial charge < -0.3 is 14.8 Å². The highest BCUT2D eigenvalue weighted by atomic mass is 16.5. The lowest BCUT2D eigenvalue weighted by atomic mass is 9.87. The van der Waals surface area contributed by atoms with Crippen molar-refractivity contribution in [2.75, 3.05) is 20.8 Å². The van der Waals surface area contributed by atoms with Gasteiger partial charge in [-0.25, -0.2) is 0 Å². The van der Waals surface area contributed by atoms with E-state index in [1.807, 2.05) is 20.4 Å². The molecule has 1 aromatic rings. The van der Waals surface area contributed by atoms with Crippen LogP contribution in [0, 0.1) is 0 Å². The average Bonchev–Trinajstić information content (AvgIpc) is 2.96. The van der Waals surface area contributed by atoms with Gasteiger partial charge in [0.15, 0.2) is 0 Å². The molecule has 1 aliphatic carbocycles. The van der Waals surface area contributed by atoms with Crippen LogP contribution in [0.4, 0.5) is 0 Å². The molecule has 0 spiro atoms. The van der Waals surface area contributed by atoms with Crippen LogP contribution >= 0.6 is 0 Å². The van der Waals surface area contributed by atoms with Crippen molar-refractivity contribution in [1.82, 2.24) is 10.3 Å². The van der Waals surface area contributed by atoms with Crippen LogP contribution in [0.3, 0.4) is 0 Å². The molecular formula is C16H26N2O2. The second kappa shape index (κ2) is 7.04. The van der Waals surface area contributed by atoms with Gasteiger partial charge in [0.05, 0.1) is 24.4 Å². The molecule has 1 heterocycles. The lowest BCUT2D eigenvalue weighted by Crippen LogP contribution is -2.42. The van der Waals surface area contributed by atoms with Gasteiger partial charge in [-0.05, 0) is 37.9 Å². The summed E-state index contributed by atoms with van der Waals surface area (Å²) in [5.74, 6) is 0.842. The fourth-order valence-corrected chi connectivity index (χ4v) is 3.21. The van der Waals surface area contributed by atoms with Gasteiger partial charge in [-0.2, -0.15) is 0 Å². The van der Waals surface area contributed by atoms with Gasteiger partial charge in [-0.15, -0.1) is 0 Å². The summed E-state index contributed by atoms with van der Waals surface area (Å²) >= 11 is 0. The number of hydrogen-bond donors (Lipinski definition) is 1. The average molecular weight is 278 g/mol. The standard InChI is InChI=1S/C16H26N2O2/c1-4-9-20-14-10-13(11-18-12-14)15(17-2)16(19-3)7-5-6-8-16/h10-12,15,17H,4-9H2,1-3H3. The number of likely N-dealkylation sites (N-methyl/N-ethyl adjacent to an activating group) is 1. The number of nitrogens with zero attached hydrogens (tertiary/aromatic N) is 1. The van der Waals surface area contributed by atoms with Crippen LogP contribution in [0.15, 0.2) is 18.5 Å². The maximum Gasteiger partial charge on any atom is 0.137 e. The predicted molar refractivity (Wildman–Crippen MR) is 80.0 cm³/mol. The summed E-state index contributed by atoms with van der Waals surface area (Å²) in [5, 5.41) is 3.41. The minimum atomic E-state index is -0.111. The summed E-state index contributed by atoms with van der Waals surface area (Å²) in [5.41, 5.74) is 1.03. The Balaban J connectivity index is 2.22. The van der Waals surface area contributed by atoms with Gasteiger partial charge in [-0.3, -0.25) is 4.98 Å². The van der Waals surface area contributed by atoms with Gasteiger partial charge >= 0.3 is 0 Å².